The molecule has 0 amide bonds. The highest BCUT2D eigenvalue weighted by Crippen LogP contribution is 2.10. The van der Waals surface area contributed by atoms with Crippen molar-refractivity contribution in [3.8, 4) is 11.6 Å². The molecule has 0 saturated carbocycles. The molecule has 0 fully saturated rings. The number of nitrogens with one attached hydrogen (secondary N) is 1. The summed E-state index contributed by atoms with van der Waals surface area (Å²) in [6.07, 6.45) is 1.87. The molecule has 8 heteroatoms. The van der Waals surface area contributed by atoms with E-state index < -0.39 is 0 Å². The summed E-state index contributed by atoms with van der Waals surface area (Å²) >= 11 is 0. The van der Waals surface area contributed by atoms with Crippen LogP contribution in [0.5, 0.6) is 5.75 Å². The number of likely N-dealkylation sites (N-methyl/N-ethyl adjacent to an activating group) is 1. The van der Waals surface area contributed by atoms with Crippen molar-refractivity contribution in [1.82, 2.24) is 25.0 Å². The van der Waals surface area contributed by atoms with Gasteiger partial charge in [0, 0.05) is 32.5 Å². The molecule has 160 valence electrons. The number of hydrogen-bond acceptors (Lipinski definition) is 4. The Balaban J connectivity index is 0.00000320. The number of aliphatic imine (C=N–C) groups is 1. The van der Waals surface area contributed by atoms with Gasteiger partial charge in [-0.15, -0.1) is 24.0 Å². The van der Waals surface area contributed by atoms with Gasteiger partial charge in [-0.1, -0.05) is 24.3 Å². The highest BCUT2D eigenvalue weighted by molar-refractivity contribution is 14.0. The van der Waals surface area contributed by atoms with Gasteiger partial charge < -0.3 is 15.0 Å². The Bertz CT molecular complexity index is 940. The number of nitrogens with zero attached hydrogens (tertiary/aromatic N) is 5. The van der Waals surface area contributed by atoms with Crippen LogP contribution < -0.4 is 10.1 Å². The Morgan fingerprint density at radius 3 is 2.53 bits per heavy atom. The van der Waals surface area contributed by atoms with E-state index in [-0.39, 0.29) is 24.0 Å². The van der Waals surface area contributed by atoms with Crippen molar-refractivity contribution in [2.45, 2.75) is 20.4 Å². The van der Waals surface area contributed by atoms with Crippen molar-refractivity contribution in [2.75, 3.05) is 27.2 Å². The zero-order chi connectivity index (χ0) is 20.6. The molecule has 0 aliphatic heterocycles. The van der Waals surface area contributed by atoms with E-state index in [0.717, 1.165) is 41.0 Å². The smallest absolute Gasteiger partial charge is 0.193 e. The third kappa shape index (κ3) is 6.45. The maximum atomic E-state index is 5.76. The first-order valence-corrected chi connectivity index (χ1v) is 9.65. The van der Waals surface area contributed by atoms with Gasteiger partial charge in [-0.05, 0) is 43.7 Å². The van der Waals surface area contributed by atoms with E-state index in [1.165, 1.54) is 0 Å². The van der Waals surface area contributed by atoms with Crippen molar-refractivity contribution in [2.24, 2.45) is 4.99 Å². The molecule has 0 saturated heterocycles. The summed E-state index contributed by atoms with van der Waals surface area (Å²) < 4.78 is 7.61. The molecule has 0 aliphatic carbocycles. The minimum atomic E-state index is 0. The van der Waals surface area contributed by atoms with Crippen LogP contribution in [0.4, 0.5) is 0 Å². The molecule has 0 aliphatic rings. The molecule has 1 aromatic carbocycles. The average Bonchev–Trinajstić information content (AvgIpc) is 3.07. The van der Waals surface area contributed by atoms with Gasteiger partial charge in [-0.2, -0.15) is 5.10 Å². The molecule has 0 unspecified atom stereocenters. The first-order valence-electron chi connectivity index (χ1n) is 9.65. The number of hydrogen-bond donors (Lipinski definition) is 1. The zero-order valence-corrected chi connectivity index (χ0v) is 20.2. The second kappa shape index (κ2) is 11.5. The lowest BCUT2D eigenvalue weighted by Crippen LogP contribution is -2.40. The summed E-state index contributed by atoms with van der Waals surface area (Å²) in [4.78, 5) is 10.9. The molecule has 3 rings (SSSR count). The van der Waals surface area contributed by atoms with Crippen molar-refractivity contribution in [1.29, 1.82) is 0 Å². The van der Waals surface area contributed by atoms with Crippen molar-refractivity contribution in [3.05, 3.63) is 71.7 Å². The zero-order valence-electron chi connectivity index (χ0n) is 17.9. The molecule has 0 spiro atoms. The summed E-state index contributed by atoms with van der Waals surface area (Å²) in [7, 11) is 3.77. The minimum absolute atomic E-state index is 0. The van der Waals surface area contributed by atoms with Crippen LogP contribution in [0, 0.1) is 13.8 Å². The van der Waals surface area contributed by atoms with Crippen molar-refractivity contribution < 1.29 is 4.74 Å². The Hall–Kier alpha value is -2.62. The molecule has 3 aromatic rings. The maximum absolute atomic E-state index is 5.76. The van der Waals surface area contributed by atoms with Crippen LogP contribution in [-0.4, -0.2) is 52.9 Å². The van der Waals surface area contributed by atoms with E-state index in [9.17, 15) is 0 Å². The number of guanidine groups is 1. The number of rotatable bonds is 7. The molecule has 1 N–H and O–H groups in total. The van der Waals surface area contributed by atoms with Crippen LogP contribution in [0.25, 0.3) is 5.82 Å². The fraction of sp³-hybridized carbons (Fsp3) is 0.318. The third-order valence-corrected chi connectivity index (χ3v) is 4.50. The highest BCUT2D eigenvalue weighted by atomic mass is 127. The van der Waals surface area contributed by atoms with Gasteiger partial charge in [0.05, 0.1) is 12.2 Å². The first kappa shape index (κ1) is 23.7. The van der Waals surface area contributed by atoms with Gasteiger partial charge in [0.1, 0.15) is 12.4 Å². The molecule has 0 radical (unpaired) electrons. The number of pyridine rings is 1. The van der Waals surface area contributed by atoms with Crippen LogP contribution in [0.2, 0.25) is 0 Å². The normalized spacial score (nSPS) is 11.0. The van der Waals surface area contributed by atoms with E-state index >= 15 is 0 Å². The predicted molar refractivity (Wildman–Crippen MR) is 131 cm³/mol. The maximum Gasteiger partial charge on any atom is 0.193 e. The lowest BCUT2D eigenvalue weighted by molar-refractivity contribution is 0.281. The lowest BCUT2D eigenvalue weighted by atomic mass is 10.3. The third-order valence-electron chi connectivity index (χ3n) is 4.50. The molecular formula is C22H29IN6O. The predicted octanol–water partition coefficient (Wildman–Crippen LogP) is 3.59. The summed E-state index contributed by atoms with van der Waals surface area (Å²) in [5.74, 6) is 2.50. The van der Waals surface area contributed by atoms with Gasteiger partial charge in [-0.3, -0.25) is 4.99 Å². The number of halogens is 1. The molecule has 30 heavy (non-hydrogen) atoms. The molecule has 2 heterocycles. The van der Waals surface area contributed by atoms with E-state index in [4.69, 9.17) is 4.74 Å². The SMILES string of the molecule is CN=C(NCc1ccc(-n2nc(C)cc2C)nc1)N(C)CCOc1ccccc1.I. The van der Waals surface area contributed by atoms with Gasteiger partial charge in [0.2, 0.25) is 0 Å². The van der Waals surface area contributed by atoms with Crippen LogP contribution in [0.3, 0.4) is 0 Å². The number of para-hydroxylation sites is 1. The second-order valence-corrected chi connectivity index (χ2v) is 6.85. The molecule has 2 aromatic heterocycles. The van der Waals surface area contributed by atoms with Gasteiger partial charge >= 0.3 is 0 Å². The van der Waals surface area contributed by atoms with Crippen LogP contribution >= 0.6 is 24.0 Å². The van der Waals surface area contributed by atoms with Crippen LogP contribution in [0.15, 0.2) is 59.7 Å². The molecule has 0 bridgehead atoms. The number of benzene rings is 1. The van der Waals surface area contributed by atoms with Gasteiger partial charge in [0.25, 0.3) is 0 Å². The molecule has 0 atom stereocenters. The summed E-state index contributed by atoms with van der Waals surface area (Å²) in [5.41, 5.74) is 3.13. The number of aryl methyl sites for hydroxylation is 2. The fourth-order valence-corrected chi connectivity index (χ4v) is 3.00. The second-order valence-electron chi connectivity index (χ2n) is 6.85. The summed E-state index contributed by atoms with van der Waals surface area (Å²) in [6.45, 7) is 5.96. The van der Waals surface area contributed by atoms with E-state index in [2.05, 4.69) is 26.5 Å². The average molecular weight is 520 g/mol. The van der Waals surface area contributed by atoms with Crippen molar-refractivity contribution >= 4 is 29.9 Å². The van der Waals surface area contributed by atoms with E-state index in [1.807, 2.05) is 79.1 Å². The van der Waals surface area contributed by atoms with Crippen molar-refractivity contribution in [3.63, 3.8) is 0 Å². The van der Waals surface area contributed by atoms with Gasteiger partial charge in [0.15, 0.2) is 11.8 Å². The minimum Gasteiger partial charge on any atom is -0.492 e. The monoisotopic (exact) mass is 520 g/mol. The first-order chi connectivity index (χ1) is 14.1. The Morgan fingerprint density at radius 2 is 1.93 bits per heavy atom. The quantitative estimate of drug-likeness (QED) is 0.293. The number of ether oxygens (including phenoxy) is 1. The highest BCUT2D eigenvalue weighted by Gasteiger charge is 2.08. The topological polar surface area (TPSA) is 67.6 Å². The largest absolute Gasteiger partial charge is 0.492 e. The fourth-order valence-electron chi connectivity index (χ4n) is 3.00. The lowest BCUT2D eigenvalue weighted by Gasteiger charge is -2.22. The molecular weight excluding hydrogens is 491 g/mol. The van der Waals surface area contributed by atoms with E-state index in [1.54, 1.807) is 7.05 Å². The van der Waals surface area contributed by atoms with Crippen LogP contribution in [-0.2, 0) is 6.54 Å². The Labute approximate surface area is 195 Å². The number of aromatic nitrogens is 3. The van der Waals surface area contributed by atoms with Gasteiger partial charge in [-0.25, -0.2) is 9.67 Å². The van der Waals surface area contributed by atoms with Crippen LogP contribution in [0.1, 0.15) is 17.0 Å². The summed E-state index contributed by atoms with van der Waals surface area (Å²) in [5, 5.41) is 7.84. The summed E-state index contributed by atoms with van der Waals surface area (Å²) in [6, 6.07) is 15.9. The Morgan fingerprint density at radius 1 is 1.17 bits per heavy atom. The Kier molecular flexibility index (Phi) is 9.10. The molecule has 7 nitrogen and oxygen atoms in total. The standard InChI is InChI=1S/C22H28N6O.HI/c1-17-14-18(2)28(26-17)21-11-10-19(15-24-21)16-25-22(23-3)27(4)12-13-29-20-8-6-5-7-9-20;/h5-11,14-15H,12-13,16H2,1-4H3,(H,23,25);1H. The van der Waals surface area contributed by atoms with E-state index in [0.29, 0.717) is 13.2 Å².